The molecule has 5 heterocycles. The van der Waals surface area contributed by atoms with Gasteiger partial charge in [-0.25, -0.2) is 4.79 Å². The summed E-state index contributed by atoms with van der Waals surface area (Å²) in [7, 11) is 0. The molecule has 1 aliphatic carbocycles. The monoisotopic (exact) mass is 699 g/mol. The van der Waals surface area contributed by atoms with E-state index in [0.717, 1.165) is 62.2 Å². The highest BCUT2D eigenvalue weighted by atomic mass is 32.1. The number of phenols is 1. The molecule has 4 aromatic rings. The highest BCUT2D eigenvalue weighted by Gasteiger charge is 2.48. The van der Waals surface area contributed by atoms with Crippen molar-refractivity contribution in [1.82, 2.24) is 25.8 Å². The first-order valence-corrected chi connectivity index (χ1v) is 18.5. The summed E-state index contributed by atoms with van der Waals surface area (Å²) in [4.78, 5) is 45.2. The molecule has 3 saturated heterocycles. The van der Waals surface area contributed by atoms with Crippen LogP contribution < -0.4 is 21.5 Å². The lowest BCUT2D eigenvalue weighted by Crippen LogP contribution is -2.55. The number of aliphatic hydroxyl groups is 1. The van der Waals surface area contributed by atoms with E-state index in [1.54, 1.807) is 12.1 Å². The van der Waals surface area contributed by atoms with Crippen molar-refractivity contribution in [2.24, 2.45) is 5.92 Å². The molecule has 3 atom stereocenters. The lowest BCUT2D eigenvalue weighted by Gasteiger charge is -2.45. The topological polar surface area (TPSA) is 156 Å². The van der Waals surface area contributed by atoms with E-state index in [4.69, 9.17) is 4.74 Å². The second-order valence-corrected chi connectivity index (χ2v) is 14.9. The maximum absolute atomic E-state index is 14.0. The highest BCUT2D eigenvalue weighted by Crippen LogP contribution is 2.40. The number of nitrogens with one attached hydrogen (secondary N) is 4. The van der Waals surface area contributed by atoms with Gasteiger partial charge in [0.1, 0.15) is 17.4 Å². The Labute approximate surface area is 295 Å². The third-order valence-corrected chi connectivity index (χ3v) is 11.7. The molecule has 2 unspecified atom stereocenters. The van der Waals surface area contributed by atoms with Crippen LogP contribution in [0.4, 0.5) is 0 Å². The number of aromatic hydroxyl groups is 1. The summed E-state index contributed by atoms with van der Waals surface area (Å²) in [5.74, 6) is 0.0859. The molecule has 0 radical (unpaired) electrons. The van der Waals surface area contributed by atoms with E-state index in [2.05, 4.69) is 31.9 Å². The number of nitrogens with zero attached hydrogens (tertiary/aromatic N) is 1. The summed E-state index contributed by atoms with van der Waals surface area (Å²) < 4.78 is 6.30. The zero-order valence-electron chi connectivity index (χ0n) is 28.1. The summed E-state index contributed by atoms with van der Waals surface area (Å²) in [6.45, 7) is 4.94. The number of aromatic nitrogens is 1. The number of benzene rings is 2. The van der Waals surface area contributed by atoms with Crippen LogP contribution in [0.1, 0.15) is 69.4 Å². The van der Waals surface area contributed by atoms with Crippen molar-refractivity contribution < 1.29 is 24.5 Å². The van der Waals surface area contributed by atoms with Crippen LogP contribution in [0.3, 0.4) is 0 Å². The number of aryl methyl sites for hydroxylation is 1. The van der Waals surface area contributed by atoms with Crippen molar-refractivity contribution in [3.63, 3.8) is 0 Å². The molecule has 11 nitrogen and oxygen atoms in total. The Morgan fingerprint density at radius 2 is 1.86 bits per heavy atom. The number of phenolic OH excluding ortho intramolecular Hbond substituents is 1. The van der Waals surface area contributed by atoms with Gasteiger partial charge in [-0.15, -0.1) is 11.3 Å². The molecule has 3 aliphatic heterocycles. The zero-order valence-corrected chi connectivity index (χ0v) is 28.9. The molecule has 2 bridgehead atoms. The lowest BCUT2D eigenvalue weighted by molar-refractivity contribution is -0.167. The quantitative estimate of drug-likeness (QED) is 0.0854. The number of hydrogen-bond donors (Lipinski definition) is 6. The highest BCUT2D eigenvalue weighted by molar-refractivity contribution is 7.14. The van der Waals surface area contributed by atoms with Crippen molar-refractivity contribution in [2.45, 2.75) is 62.8 Å². The molecule has 4 aliphatic rings. The van der Waals surface area contributed by atoms with Crippen molar-refractivity contribution in [3.8, 4) is 5.75 Å². The lowest BCUT2D eigenvalue weighted by atomic mass is 9.85. The maximum Gasteiger partial charge on any atom is 0.331 e. The Balaban J connectivity index is 0.870. The van der Waals surface area contributed by atoms with E-state index in [9.17, 15) is 24.6 Å². The van der Waals surface area contributed by atoms with Crippen LogP contribution in [0, 0.1) is 5.92 Å². The van der Waals surface area contributed by atoms with Crippen molar-refractivity contribution >= 4 is 34.1 Å². The van der Waals surface area contributed by atoms with Gasteiger partial charge >= 0.3 is 5.97 Å². The number of unbranched alkanes of at least 4 members (excludes halogenated alkanes) is 1. The molecule has 50 heavy (non-hydrogen) atoms. The summed E-state index contributed by atoms with van der Waals surface area (Å²) in [6.07, 6.45) is 4.32. The number of piperidine rings is 3. The number of fused-ring (bicyclic) bond motifs is 5. The third-order valence-electron chi connectivity index (χ3n) is 10.6. The number of ether oxygens (including phenoxy) is 1. The molecule has 2 aromatic heterocycles. The Bertz CT molecular complexity index is 1900. The Morgan fingerprint density at radius 3 is 2.68 bits per heavy atom. The number of rotatable bonds is 14. The second-order valence-electron chi connectivity index (χ2n) is 13.7. The number of pyridine rings is 1. The Hall–Kier alpha value is -4.07. The molecule has 2 aromatic carbocycles. The maximum atomic E-state index is 14.0. The van der Waals surface area contributed by atoms with Gasteiger partial charge in [0.2, 0.25) is 5.56 Å². The first kappa shape index (κ1) is 34.4. The van der Waals surface area contributed by atoms with E-state index >= 15 is 0 Å². The van der Waals surface area contributed by atoms with E-state index in [0.29, 0.717) is 59.9 Å². The zero-order chi connectivity index (χ0) is 34.7. The van der Waals surface area contributed by atoms with Crippen LogP contribution >= 0.6 is 11.3 Å². The molecular weight excluding hydrogens is 655 g/mol. The van der Waals surface area contributed by atoms with E-state index in [-0.39, 0.29) is 29.3 Å². The summed E-state index contributed by atoms with van der Waals surface area (Å²) in [5, 5.41) is 31.3. The summed E-state index contributed by atoms with van der Waals surface area (Å²) in [5.41, 5.74) is 1.87. The Kier molecular flexibility index (Phi) is 10.3. The van der Waals surface area contributed by atoms with Gasteiger partial charge in [-0.3, -0.25) is 19.8 Å². The van der Waals surface area contributed by atoms with Gasteiger partial charge in [-0.2, -0.15) is 0 Å². The van der Waals surface area contributed by atoms with Crippen LogP contribution in [0.5, 0.6) is 5.75 Å². The molecule has 8 rings (SSSR count). The smallest absolute Gasteiger partial charge is 0.331 e. The summed E-state index contributed by atoms with van der Waals surface area (Å²) in [6, 6.07) is 18.0. The minimum Gasteiger partial charge on any atom is -0.506 e. The number of hydrogen-bond acceptors (Lipinski definition) is 10. The summed E-state index contributed by atoms with van der Waals surface area (Å²) >= 11 is 1.43. The molecule has 6 N–H and O–H groups in total. The van der Waals surface area contributed by atoms with E-state index in [1.807, 2.05) is 30.3 Å². The number of H-pyrrole nitrogens is 1. The second kappa shape index (κ2) is 15.0. The van der Waals surface area contributed by atoms with Gasteiger partial charge in [0.05, 0.1) is 16.5 Å². The first-order chi connectivity index (χ1) is 24.3. The number of carbonyl (C=O) groups is 2. The van der Waals surface area contributed by atoms with Crippen molar-refractivity contribution in [3.05, 3.63) is 97.5 Å². The normalized spacial score (nSPS) is 23.1. The first-order valence-electron chi connectivity index (χ1n) is 17.7. The van der Waals surface area contributed by atoms with Crippen LogP contribution in [-0.4, -0.2) is 77.3 Å². The standard InChI is InChI=1S/C38H45N5O6S/c44-30-10-8-27(28-9-12-34(46)42-35(28)30)31(45)22-39-17-3-4-18-40-36(47)33-11-7-26(50-33)21-41-38(16-13-24-5-1-2-6-29(24)38)37(48)49-32-23-43-19-14-25(32)15-20-43/h1-2,5-12,25,31-32,39,41,44-45H,3-4,13-23H2,(H,40,47)(H,42,46)/t31?,32-,38?/m0/s1. The van der Waals surface area contributed by atoms with Crippen molar-refractivity contribution in [2.75, 3.05) is 39.3 Å². The van der Waals surface area contributed by atoms with Gasteiger partial charge in [-0.05, 0) is 105 Å². The van der Waals surface area contributed by atoms with Crippen LogP contribution in [0.2, 0.25) is 0 Å². The fourth-order valence-electron chi connectivity index (χ4n) is 7.76. The molecular formula is C38H45N5O6S. The van der Waals surface area contributed by atoms with Gasteiger partial charge in [0.25, 0.3) is 5.91 Å². The van der Waals surface area contributed by atoms with Crippen molar-refractivity contribution in [1.29, 1.82) is 0 Å². The van der Waals surface area contributed by atoms with Gasteiger partial charge < -0.3 is 30.6 Å². The fraction of sp³-hybridized carbons (Fsp3) is 0.447. The molecule has 1 amide bonds. The largest absolute Gasteiger partial charge is 0.506 e. The molecule has 264 valence electrons. The van der Waals surface area contributed by atoms with E-state index < -0.39 is 11.6 Å². The fourth-order valence-corrected chi connectivity index (χ4v) is 8.62. The Morgan fingerprint density at radius 1 is 1.04 bits per heavy atom. The van der Waals surface area contributed by atoms with E-state index in [1.165, 1.54) is 29.0 Å². The molecule has 3 fully saturated rings. The van der Waals surface area contributed by atoms with Crippen LogP contribution in [0.25, 0.3) is 10.9 Å². The van der Waals surface area contributed by atoms with Gasteiger partial charge in [0.15, 0.2) is 0 Å². The third kappa shape index (κ3) is 7.22. The molecule has 12 heteroatoms. The number of thiophene rings is 1. The van der Waals surface area contributed by atoms with Crippen LogP contribution in [0.15, 0.2) is 65.5 Å². The minimum atomic E-state index is -0.906. The van der Waals surface area contributed by atoms with Crippen LogP contribution in [-0.2, 0) is 28.0 Å². The number of aromatic amines is 1. The van der Waals surface area contributed by atoms with Gasteiger partial charge in [0, 0.05) is 42.5 Å². The number of aliphatic hydroxyl groups excluding tert-OH is 1. The number of esters is 1. The molecule has 0 saturated carbocycles. The predicted molar refractivity (Wildman–Crippen MR) is 192 cm³/mol. The number of carbonyl (C=O) groups excluding carboxylic acids is 2. The molecule has 0 spiro atoms. The number of amides is 1. The SMILES string of the molecule is O=C(NCCCCNCC(O)c1ccc(O)c2[nH]c(=O)ccc12)c1ccc(CNC2(C(=O)O[C@H]3CN4CCC3CC4)CCc3ccccc32)s1. The average molecular weight is 700 g/mol. The average Bonchev–Trinajstić information content (AvgIpc) is 3.77. The predicted octanol–water partition coefficient (Wildman–Crippen LogP) is 3.70. The van der Waals surface area contributed by atoms with Gasteiger partial charge in [-0.1, -0.05) is 30.3 Å². The minimum absolute atomic E-state index is 0.0423.